The molecule has 0 N–H and O–H groups in total. The van der Waals surface area contributed by atoms with E-state index in [0.717, 1.165) is 5.56 Å². The number of morpholine rings is 1. The monoisotopic (exact) mass is 416 g/mol. The molecule has 1 aliphatic heterocycles. The van der Waals surface area contributed by atoms with Crippen molar-refractivity contribution in [3.8, 4) is 0 Å². The minimum Gasteiger partial charge on any atom is -0.367 e. The van der Waals surface area contributed by atoms with Crippen molar-refractivity contribution in [3.05, 3.63) is 65.7 Å². The highest BCUT2D eigenvalue weighted by Gasteiger charge is 2.30. The van der Waals surface area contributed by atoms with Gasteiger partial charge in [-0.2, -0.15) is 4.31 Å². The van der Waals surface area contributed by atoms with E-state index in [1.807, 2.05) is 51.1 Å². The molecule has 0 aromatic heterocycles. The number of carbonyl (C=O) groups is 1. The lowest BCUT2D eigenvalue weighted by Crippen LogP contribution is -2.46. The Morgan fingerprint density at radius 2 is 1.66 bits per heavy atom. The lowest BCUT2D eigenvalue weighted by molar-refractivity contribution is -0.0691. The van der Waals surface area contributed by atoms with Crippen LogP contribution in [0.4, 0.5) is 0 Å². The van der Waals surface area contributed by atoms with Gasteiger partial charge in [-0.25, -0.2) is 8.42 Å². The molecule has 6 nitrogen and oxygen atoms in total. The number of benzene rings is 2. The zero-order chi connectivity index (χ0) is 21.0. The molecule has 0 aliphatic carbocycles. The molecule has 1 aliphatic rings. The summed E-state index contributed by atoms with van der Waals surface area (Å²) in [7, 11) is -3.53. The Bertz CT molecular complexity index is 925. The maximum absolute atomic E-state index is 13.0. The molecular formula is C22H28N2O4S. The average molecular weight is 417 g/mol. The van der Waals surface area contributed by atoms with Gasteiger partial charge in [0.1, 0.15) is 6.10 Å². The number of sulfonamides is 1. The van der Waals surface area contributed by atoms with Crippen molar-refractivity contribution < 1.29 is 17.9 Å². The van der Waals surface area contributed by atoms with Gasteiger partial charge in [-0.05, 0) is 36.8 Å². The molecule has 2 aromatic rings. The number of amides is 1. The third-order valence-corrected chi connectivity index (χ3v) is 7.23. The molecule has 1 fully saturated rings. The molecular weight excluding hydrogens is 388 g/mol. The third-order valence-electron chi connectivity index (χ3n) is 5.16. The fourth-order valence-corrected chi connectivity index (χ4v) is 5.09. The van der Waals surface area contributed by atoms with Gasteiger partial charge in [-0.1, -0.05) is 44.2 Å². The van der Waals surface area contributed by atoms with E-state index in [1.54, 1.807) is 17.0 Å². The number of rotatable bonds is 6. The van der Waals surface area contributed by atoms with Crippen molar-refractivity contribution in [3.63, 3.8) is 0 Å². The van der Waals surface area contributed by atoms with E-state index in [1.165, 1.54) is 16.4 Å². The number of hydrogen-bond donors (Lipinski definition) is 0. The van der Waals surface area contributed by atoms with Crippen LogP contribution in [0, 0.1) is 0 Å². The van der Waals surface area contributed by atoms with Crippen molar-refractivity contribution in [2.24, 2.45) is 0 Å². The number of carbonyl (C=O) groups excluding carboxylic acids is 1. The standard InChI is InChI=1S/C22H28N2O4S/c1-4-24(5-2)29(26,27)20-13-11-19(12-14-20)22(25)23-15-17(3)28-21(16-23)18-9-7-6-8-10-18/h6-14,17,21H,4-5,15-16H2,1-3H3. The summed E-state index contributed by atoms with van der Waals surface area (Å²) in [5.41, 5.74) is 1.52. The first kappa shape index (κ1) is 21.5. The Hall–Kier alpha value is -2.22. The van der Waals surface area contributed by atoms with Crippen molar-refractivity contribution in [1.29, 1.82) is 0 Å². The molecule has 2 aromatic carbocycles. The van der Waals surface area contributed by atoms with Gasteiger partial charge in [0, 0.05) is 25.2 Å². The molecule has 156 valence electrons. The highest BCUT2D eigenvalue weighted by molar-refractivity contribution is 7.89. The van der Waals surface area contributed by atoms with Crippen LogP contribution in [0.25, 0.3) is 0 Å². The molecule has 0 spiro atoms. The SMILES string of the molecule is CCN(CC)S(=O)(=O)c1ccc(C(=O)N2CC(C)OC(c3ccccc3)C2)cc1. The molecule has 1 heterocycles. The maximum Gasteiger partial charge on any atom is 0.254 e. The summed E-state index contributed by atoms with van der Waals surface area (Å²) >= 11 is 0. The van der Waals surface area contributed by atoms with Gasteiger partial charge < -0.3 is 9.64 Å². The Kier molecular flexibility index (Phi) is 6.72. The largest absolute Gasteiger partial charge is 0.367 e. The first-order valence-electron chi connectivity index (χ1n) is 9.96. The van der Waals surface area contributed by atoms with Gasteiger partial charge in [-0.15, -0.1) is 0 Å². The number of nitrogens with zero attached hydrogens (tertiary/aromatic N) is 2. The Labute approximate surface area is 173 Å². The van der Waals surface area contributed by atoms with E-state index in [-0.39, 0.29) is 23.0 Å². The molecule has 7 heteroatoms. The first-order valence-corrected chi connectivity index (χ1v) is 11.4. The predicted molar refractivity (Wildman–Crippen MR) is 112 cm³/mol. The Morgan fingerprint density at radius 1 is 1.03 bits per heavy atom. The third kappa shape index (κ3) is 4.69. The zero-order valence-electron chi connectivity index (χ0n) is 17.1. The van der Waals surface area contributed by atoms with Crippen molar-refractivity contribution >= 4 is 15.9 Å². The van der Waals surface area contributed by atoms with E-state index in [9.17, 15) is 13.2 Å². The smallest absolute Gasteiger partial charge is 0.254 e. The second-order valence-corrected chi connectivity index (χ2v) is 9.11. The van der Waals surface area contributed by atoms with Gasteiger partial charge in [0.05, 0.1) is 17.5 Å². The van der Waals surface area contributed by atoms with Gasteiger partial charge in [0.15, 0.2) is 0 Å². The first-order chi connectivity index (χ1) is 13.9. The van der Waals surface area contributed by atoms with E-state index in [4.69, 9.17) is 4.74 Å². The summed E-state index contributed by atoms with van der Waals surface area (Å²) in [4.78, 5) is 15.0. The van der Waals surface area contributed by atoms with E-state index in [0.29, 0.717) is 31.7 Å². The highest BCUT2D eigenvalue weighted by atomic mass is 32.2. The fraction of sp³-hybridized carbons (Fsp3) is 0.409. The fourth-order valence-electron chi connectivity index (χ4n) is 3.63. The Balaban J connectivity index is 1.78. The number of hydrogen-bond acceptors (Lipinski definition) is 4. The molecule has 0 saturated carbocycles. The van der Waals surface area contributed by atoms with Crippen LogP contribution in [0.2, 0.25) is 0 Å². The van der Waals surface area contributed by atoms with Crippen molar-refractivity contribution in [1.82, 2.24) is 9.21 Å². The molecule has 1 amide bonds. The van der Waals surface area contributed by atoms with Gasteiger partial charge in [-0.3, -0.25) is 4.79 Å². The Morgan fingerprint density at radius 3 is 2.24 bits per heavy atom. The van der Waals surface area contributed by atoms with Crippen LogP contribution >= 0.6 is 0 Å². The van der Waals surface area contributed by atoms with Crippen LogP contribution in [-0.2, 0) is 14.8 Å². The summed E-state index contributed by atoms with van der Waals surface area (Å²) in [6.45, 7) is 7.35. The second-order valence-electron chi connectivity index (χ2n) is 7.17. The second kappa shape index (κ2) is 9.07. The van der Waals surface area contributed by atoms with Crippen LogP contribution in [0.1, 0.15) is 42.8 Å². The topological polar surface area (TPSA) is 66.9 Å². The van der Waals surface area contributed by atoms with Crippen LogP contribution in [-0.4, -0.2) is 55.8 Å². The molecule has 0 radical (unpaired) electrons. The van der Waals surface area contributed by atoms with Crippen LogP contribution in [0.3, 0.4) is 0 Å². The van der Waals surface area contributed by atoms with Gasteiger partial charge in [0.25, 0.3) is 5.91 Å². The minimum atomic E-state index is -3.53. The van der Waals surface area contributed by atoms with Crippen LogP contribution in [0.5, 0.6) is 0 Å². The van der Waals surface area contributed by atoms with E-state index in [2.05, 4.69) is 0 Å². The van der Waals surface area contributed by atoms with E-state index >= 15 is 0 Å². The van der Waals surface area contributed by atoms with Gasteiger partial charge in [0.2, 0.25) is 10.0 Å². The number of ether oxygens (including phenoxy) is 1. The quantitative estimate of drug-likeness (QED) is 0.725. The molecule has 1 saturated heterocycles. The molecule has 2 unspecified atom stereocenters. The van der Waals surface area contributed by atoms with Crippen molar-refractivity contribution in [2.75, 3.05) is 26.2 Å². The summed E-state index contributed by atoms with van der Waals surface area (Å²) in [6, 6.07) is 16.1. The maximum atomic E-state index is 13.0. The lowest BCUT2D eigenvalue weighted by atomic mass is 10.1. The normalized spacial score (nSPS) is 20.1. The molecule has 3 rings (SSSR count). The van der Waals surface area contributed by atoms with Crippen LogP contribution < -0.4 is 0 Å². The summed E-state index contributed by atoms with van der Waals surface area (Å²) in [6.07, 6.45) is -0.258. The van der Waals surface area contributed by atoms with Crippen molar-refractivity contribution in [2.45, 2.75) is 37.9 Å². The summed E-state index contributed by atoms with van der Waals surface area (Å²) < 4.78 is 32.7. The highest BCUT2D eigenvalue weighted by Crippen LogP contribution is 2.26. The molecule has 2 atom stereocenters. The van der Waals surface area contributed by atoms with Crippen LogP contribution in [0.15, 0.2) is 59.5 Å². The zero-order valence-corrected chi connectivity index (χ0v) is 17.9. The summed E-state index contributed by atoms with van der Waals surface area (Å²) in [5, 5.41) is 0. The average Bonchev–Trinajstić information content (AvgIpc) is 2.74. The summed E-state index contributed by atoms with van der Waals surface area (Å²) in [5.74, 6) is -0.118. The van der Waals surface area contributed by atoms with E-state index < -0.39 is 10.0 Å². The van der Waals surface area contributed by atoms with Gasteiger partial charge >= 0.3 is 0 Å². The minimum absolute atomic E-state index is 0.0831. The molecule has 0 bridgehead atoms. The molecule has 29 heavy (non-hydrogen) atoms. The lowest BCUT2D eigenvalue weighted by Gasteiger charge is -2.37. The predicted octanol–water partition coefficient (Wildman–Crippen LogP) is 3.32.